The van der Waals surface area contributed by atoms with Crippen molar-refractivity contribution >= 4 is 24.2 Å². The third-order valence-corrected chi connectivity index (χ3v) is 4.32. The zero-order valence-corrected chi connectivity index (χ0v) is 15.5. The van der Waals surface area contributed by atoms with Crippen LogP contribution in [0.3, 0.4) is 0 Å². The molecule has 1 fully saturated rings. The van der Waals surface area contributed by atoms with Crippen molar-refractivity contribution in [1.29, 1.82) is 0 Å². The molecule has 6 heteroatoms. The van der Waals surface area contributed by atoms with Gasteiger partial charge >= 0.3 is 0 Å². The molecule has 1 saturated heterocycles. The van der Waals surface area contributed by atoms with Gasteiger partial charge in [0, 0.05) is 32.1 Å². The second kappa shape index (κ2) is 9.04. The Kier molecular flexibility index (Phi) is 7.70. The molecule has 0 spiro atoms. The lowest BCUT2D eigenvalue weighted by atomic mass is 10.0. The maximum absolute atomic E-state index is 12.6. The molecule has 0 aliphatic carbocycles. The van der Waals surface area contributed by atoms with E-state index in [1.807, 2.05) is 49.9 Å². The van der Waals surface area contributed by atoms with E-state index in [0.717, 1.165) is 17.5 Å². The predicted molar refractivity (Wildman–Crippen MR) is 98.0 cm³/mol. The summed E-state index contributed by atoms with van der Waals surface area (Å²) in [6.45, 7) is 8.32. The van der Waals surface area contributed by atoms with Gasteiger partial charge in [0.15, 0.2) is 0 Å². The summed E-state index contributed by atoms with van der Waals surface area (Å²) in [7, 11) is 0. The lowest BCUT2D eigenvalue weighted by Crippen LogP contribution is -2.42. The maximum atomic E-state index is 12.6. The van der Waals surface area contributed by atoms with Crippen LogP contribution in [0.4, 0.5) is 0 Å². The van der Waals surface area contributed by atoms with Crippen molar-refractivity contribution in [2.24, 2.45) is 11.7 Å². The molecule has 1 aliphatic rings. The van der Waals surface area contributed by atoms with E-state index < -0.39 is 6.04 Å². The van der Waals surface area contributed by atoms with Gasteiger partial charge in [-0.05, 0) is 18.9 Å². The van der Waals surface area contributed by atoms with Crippen molar-refractivity contribution in [2.45, 2.75) is 33.2 Å². The average Bonchev–Trinajstić information content (AvgIpc) is 2.79. The van der Waals surface area contributed by atoms with E-state index >= 15 is 0 Å². The van der Waals surface area contributed by atoms with Crippen molar-refractivity contribution in [3.05, 3.63) is 35.4 Å². The van der Waals surface area contributed by atoms with Crippen LogP contribution in [0.1, 0.15) is 37.4 Å². The zero-order valence-electron chi connectivity index (χ0n) is 14.7. The quantitative estimate of drug-likeness (QED) is 0.905. The highest BCUT2D eigenvalue weighted by atomic mass is 35.5. The number of rotatable bonds is 3. The van der Waals surface area contributed by atoms with Gasteiger partial charge in [-0.15, -0.1) is 12.4 Å². The fourth-order valence-corrected chi connectivity index (χ4v) is 2.84. The number of amides is 2. The first-order valence-corrected chi connectivity index (χ1v) is 8.30. The topological polar surface area (TPSA) is 66.6 Å². The normalized spacial score (nSPS) is 16.4. The van der Waals surface area contributed by atoms with Crippen LogP contribution < -0.4 is 5.73 Å². The Balaban J connectivity index is 0.00000288. The van der Waals surface area contributed by atoms with Crippen LogP contribution in [-0.4, -0.2) is 47.8 Å². The standard InChI is InChI=1S/C18H27N3O2.ClH/c1-13(2)17(22)20-9-4-10-21(12-11-20)18(23)16(19)15-7-5-14(3)6-8-15;/h5-8,13,16H,4,9-12,19H2,1-3H3;1H. The molecular weight excluding hydrogens is 326 g/mol. The van der Waals surface area contributed by atoms with E-state index in [-0.39, 0.29) is 30.1 Å². The minimum atomic E-state index is -0.636. The molecule has 1 aliphatic heterocycles. The maximum Gasteiger partial charge on any atom is 0.244 e. The lowest BCUT2D eigenvalue weighted by molar-refractivity contribution is -0.136. The number of hydrogen-bond acceptors (Lipinski definition) is 3. The van der Waals surface area contributed by atoms with Gasteiger partial charge < -0.3 is 15.5 Å². The van der Waals surface area contributed by atoms with Gasteiger partial charge in [0.1, 0.15) is 6.04 Å². The molecule has 1 atom stereocenters. The van der Waals surface area contributed by atoms with Crippen LogP contribution in [-0.2, 0) is 9.59 Å². The second-order valence-electron chi connectivity index (χ2n) is 6.55. The van der Waals surface area contributed by atoms with Gasteiger partial charge in [0.25, 0.3) is 0 Å². The molecule has 5 nitrogen and oxygen atoms in total. The molecule has 2 amide bonds. The molecule has 1 unspecified atom stereocenters. The number of benzene rings is 1. The van der Waals surface area contributed by atoms with Crippen LogP contribution in [0.5, 0.6) is 0 Å². The summed E-state index contributed by atoms with van der Waals surface area (Å²) in [5, 5.41) is 0. The first-order chi connectivity index (χ1) is 10.9. The first kappa shape index (κ1) is 20.5. The van der Waals surface area contributed by atoms with E-state index in [1.165, 1.54) is 0 Å². The number of carbonyl (C=O) groups excluding carboxylic acids is 2. The predicted octanol–water partition coefficient (Wildman–Crippen LogP) is 2.13. The van der Waals surface area contributed by atoms with Crippen LogP contribution in [0.2, 0.25) is 0 Å². The number of hydrogen-bond donors (Lipinski definition) is 1. The molecule has 24 heavy (non-hydrogen) atoms. The Morgan fingerprint density at radius 1 is 0.958 bits per heavy atom. The zero-order chi connectivity index (χ0) is 17.0. The summed E-state index contributed by atoms with van der Waals surface area (Å²) >= 11 is 0. The first-order valence-electron chi connectivity index (χ1n) is 8.30. The Bertz CT molecular complexity index is 560. The second-order valence-corrected chi connectivity index (χ2v) is 6.55. The minimum Gasteiger partial charge on any atom is -0.341 e. The number of aryl methyl sites for hydroxylation is 1. The molecule has 0 saturated carbocycles. The highest BCUT2D eigenvalue weighted by Gasteiger charge is 2.26. The van der Waals surface area contributed by atoms with E-state index in [4.69, 9.17) is 5.73 Å². The average molecular weight is 354 g/mol. The van der Waals surface area contributed by atoms with E-state index in [9.17, 15) is 9.59 Å². The van der Waals surface area contributed by atoms with Gasteiger partial charge in [0.05, 0.1) is 0 Å². The van der Waals surface area contributed by atoms with Gasteiger partial charge in [-0.3, -0.25) is 9.59 Å². The molecule has 1 heterocycles. The summed E-state index contributed by atoms with van der Waals surface area (Å²) in [6.07, 6.45) is 0.796. The Morgan fingerprint density at radius 2 is 1.46 bits per heavy atom. The number of carbonyl (C=O) groups is 2. The largest absolute Gasteiger partial charge is 0.341 e. The third-order valence-electron chi connectivity index (χ3n) is 4.32. The van der Waals surface area contributed by atoms with Crippen molar-refractivity contribution in [1.82, 2.24) is 9.80 Å². The highest BCUT2D eigenvalue weighted by Crippen LogP contribution is 2.16. The van der Waals surface area contributed by atoms with Crippen molar-refractivity contribution in [2.75, 3.05) is 26.2 Å². The molecule has 1 aromatic carbocycles. The molecule has 0 aromatic heterocycles. The SMILES string of the molecule is Cc1ccc(C(N)C(=O)N2CCCN(C(=O)C(C)C)CC2)cc1.Cl. The van der Waals surface area contributed by atoms with Gasteiger partial charge in [-0.2, -0.15) is 0 Å². The third kappa shape index (κ3) is 4.95. The molecular formula is C18H28ClN3O2. The highest BCUT2D eigenvalue weighted by molar-refractivity contribution is 5.85. The van der Waals surface area contributed by atoms with E-state index in [2.05, 4.69) is 0 Å². The number of nitrogens with two attached hydrogens (primary N) is 1. The molecule has 0 radical (unpaired) electrons. The minimum absolute atomic E-state index is 0. The summed E-state index contributed by atoms with van der Waals surface area (Å²) in [4.78, 5) is 28.4. The summed E-state index contributed by atoms with van der Waals surface area (Å²) in [5.74, 6) is 0.0851. The van der Waals surface area contributed by atoms with Crippen molar-refractivity contribution in [3.63, 3.8) is 0 Å². The van der Waals surface area contributed by atoms with Crippen LogP contribution in [0.15, 0.2) is 24.3 Å². The van der Waals surface area contributed by atoms with Crippen LogP contribution >= 0.6 is 12.4 Å². The number of halogens is 1. The van der Waals surface area contributed by atoms with Crippen molar-refractivity contribution in [3.8, 4) is 0 Å². The smallest absolute Gasteiger partial charge is 0.244 e. The Morgan fingerprint density at radius 3 is 1.96 bits per heavy atom. The summed E-state index contributed by atoms with van der Waals surface area (Å²) in [6, 6.07) is 7.11. The molecule has 2 rings (SSSR count). The van der Waals surface area contributed by atoms with Gasteiger partial charge in [-0.1, -0.05) is 43.7 Å². The van der Waals surface area contributed by atoms with E-state index in [1.54, 1.807) is 4.90 Å². The van der Waals surface area contributed by atoms with Crippen LogP contribution in [0.25, 0.3) is 0 Å². The van der Waals surface area contributed by atoms with Gasteiger partial charge in [-0.25, -0.2) is 0 Å². The monoisotopic (exact) mass is 353 g/mol. The van der Waals surface area contributed by atoms with Crippen LogP contribution in [0, 0.1) is 12.8 Å². The fourth-order valence-electron chi connectivity index (χ4n) is 2.84. The Hall–Kier alpha value is -1.59. The van der Waals surface area contributed by atoms with Crippen molar-refractivity contribution < 1.29 is 9.59 Å². The summed E-state index contributed by atoms with van der Waals surface area (Å²) < 4.78 is 0. The molecule has 0 bridgehead atoms. The summed E-state index contributed by atoms with van der Waals surface area (Å²) in [5.41, 5.74) is 8.12. The lowest BCUT2D eigenvalue weighted by Gasteiger charge is -2.25. The number of nitrogens with zero attached hydrogens (tertiary/aromatic N) is 2. The fraction of sp³-hybridized carbons (Fsp3) is 0.556. The molecule has 134 valence electrons. The Labute approximate surface area is 150 Å². The van der Waals surface area contributed by atoms with E-state index in [0.29, 0.717) is 26.2 Å². The van der Waals surface area contributed by atoms with Gasteiger partial charge in [0.2, 0.25) is 11.8 Å². The molecule has 2 N–H and O–H groups in total. The molecule has 1 aromatic rings.